The minimum Gasteiger partial charge on any atom is -0.467 e. The molecular formula is C19H26N4O3S. The number of benzene rings is 1. The molecular weight excluding hydrogens is 364 g/mol. The lowest BCUT2D eigenvalue weighted by Gasteiger charge is -2.18. The molecule has 27 heavy (non-hydrogen) atoms. The summed E-state index contributed by atoms with van der Waals surface area (Å²) < 4.78 is 4.79. The second-order valence-electron chi connectivity index (χ2n) is 6.28. The van der Waals surface area contributed by atoms with Gasteiger partial charge in [-0.15, -0.1) is 0 Å². The van der Waals surface area contributed by atoms with Crippen molar-refractivity contribution < 1.29 is 14.3 Å². The van der Waals surface area contributed by atoms with Gasteiger partial charge in [0.2, 0.25) is 0 Å². The van der Waals surface area contributed by atoms with Crippen LogP contribution in [0.25, 0.3) is 0 Å². The summed E-state index contributed by atoms with van der Waals surface area (Å²) in [5.41, 5.74) is 2.57. The minimum atomic E-state index is -0.637. The summed E-state index contributed by atoms with van der Waals surface area (Å²) in [6.07, 6.45) is 5.94. The molecule has 1 heterocycles. The molecule has 146 valence electrons. The number of hydrogen-bond donors (Lipinski definition) is 2. The lowest BCUT2D eigenvalue weighted by Crippen LogP contribution is -2.42. The van der Waals surface area contributed by atoms with E-state index in [9.17, 15) is 9.59 Å². The molecule has 0 aliphatic heterocycles. The number of ether oxygens (including phenoxy) is 1. The Morgan fingerprint density at radius 3 is 2.85 bits per heavy atom. The molecule has 2 aromatic rings. The van der Waals surface area contributed by atoms with E-state index in [2.05, 4.69) is 20.2 Å². The summed E-state index contributed by atoms with van der Waals surface area (Å²) in [7, 11) is 3.33. The van der Waals surface area contributed by atoms with Crippen molar-refractivity contribution in [3.63, 3.8) is 0 Å². The molecule has 2 N–H and O–H groups in total. The normalized spacial score (nSPS) is 12.0. The smallest absolute Gasteiger partial charge is 0.328 e. The van der Waals surface area contributed by atoms with Crippen LogP contribution in [0.2, 0.25) is 0 Å². The Bertz CT molecular complexity index is 736. The van der Waals surface area contributed by atoms with Crippen molar-refractivity contribution in [2.45, 2.75) is 25.6 Å². The number of hydrogen-bond acceptors (Lipinski definition) is 6. The molecule has 1 aromatic carbocycles. The first kappa shape index (κ1) is 21.0. The van der Waals surface area contributed by atoms with E-state index < -0.39 is 12.0 Å². The van der Waals surface area contributed by atoms with Crippen molar-refractivity contribution in [3.8, 4) is 0 Å². The predicted octanol–water partition coefficient (Wildman–Crippen LogP) is 2.07. The van der Waals surface area contributed by atoms with E-state index >= 15 is 0 Å². The maximum absolute atomic E-state index is 12.6. The van der Waals surface area contributed by atoms with Crippen LogP contribution < -0.4 is 5.32 Å². The van der Waals surface area contributed by atoms with Gasteiger partial charge in [-0.25, -0.2) is 9.78 Å². The first-order valence-corrected chi connectivity index (χ1v) is 10.0. The first-order valence-electron chi connectivity index (χ1n) is 8.66. The van der Waals surface area contributed by atoms with Gasteiger partial charge < -0.3 is 15.0 Å². The van der Waals surface area contributed by atoms with E-state index in [0.29, 0.717) is 18.5 Å². The Kier molecular flexibility index (Phi) is 8.35. The second kappa shape index (κ2) is 10.7. The van der Waals surface area contributed by atoms with Gasteiger partial charge in [-0.2, -0.15) is 11.8 Å². The zero-order valence-corrected chi connectivity index (χ0v) is 16.7. The van der Waals surface area contributed by atoms with E-state index in [1.165, 1.54) is 7.11 Å². The van der Waals surface area contributed by atoms with Crippen LogP contribution >= 0.6 is 11.8 Å². The van der Waals surface area contributed by atoms with Crippen molar-refractivity contribution in [2.24, 2.45) is 0 Å². The van der Waals surface area contributed by atoms with Crippen LogP contribution in [-0.4, -0.2) is 59.0 Å². The van der Waals surface area contributed by atoms with Crippen molar-refractivity contribution in [3.05, 3.63) is 53.6 Å². The lowest BCUT2D eigenvalue weighted by molar-refractivity contribution is -0.142. The van der Waals surface area contributed by atoms with Crippen molar-refractivity contribution >= 4 is 23.6 Å². The van der Waals surface area contributed by atoms with E-state index in [0.717, 1.165) is 23.6 Å². The Morgan fingerprint density at radius 2 is 2.19 bits per heavy atom. The van der Waals surface area contributed by atoms with Gasteiger partial charge in [0.1, 0.15) is 6.04 Å². The number of thioether (sulfide) groups is 1. The van der Waals surface area contributed by atoms with E-state index in [4.69, 9.17) is 4.74 Å². The number of aromatic nitrogens is 2. The number of H-pyrrole nitrogens is 1. The Morgan fingerprint density at radius 1 is 1.37 bits per heavy atom. The highest BCUT2D eigenvalue weighted by Gasteiger charge is 2.21. The molecule has 0 spiro atoms. The first-order chi connectivity index (χ1) is 13.0. The monoisotopic (exact) mass is 390 g/mol. The summed E-state index contributed by atoms with van der Waals surface area (Å²) in [5, 5.41) is 2.78. The highest BCUT2D eigenvalue weighted by molar-refractivity contribution is 7.98. The largest absolute Gasteiger partial charge is 0.467 e. The van der Waals surface area contributed by atoms with Gasteiger partial charge in [0.05, 0.1) is 13.4 Å². The van der Waals surface area contributed by atoms with Crippen LogP contribution in [-0.2, 0) is 22.6 Å². The standard InChI is InChI=1S/C19H26N4O3S/c1-23(12-16-10-20-13-21-16)11-14-5-4-6-15(9-14)18(24)22-17(7-8-27-3)19(25)26-2/h4-6,9-10,13,17H,7-8,11-12H2,1-3H3,(H,20,21)(H,22,24)/t17-/m0/s1. The van der Waals surface area contributed by atoms with E-state index in [1.54, 1.807) is 30.4 Å². The van der Waals surface area contributed by atoms with Crippen LogP contribution in [0.3, 0.4) is 0 Å². The number of nitrogens with zero attached hydrogens (tertiary/aromatic N) is 2. The van der Waals surface area contributed by atoms with Gasteiger partial charge in [0, 0.05) is 30.5 Å². The highest BCUT2D eigenvalue weighted by atomic mass is 32.2. The van der Waals surface area contributed by atoms with E-state index in [1.807, 2.05) is 31.5 Å². The molecule has 1 amide bonds. The van der Waals surface area contributed by atoms with Gasteiger partial charge in [0.15, 0.2) is 0 Å². The van der Waals surface area contributed by atoms with Crippen LogP contribution in [0.5, 0.6) is 0 Å². The number of methoxy groups -OCH3 is 1. The minimum absolute atomic E-state index is 0.274. The fourth-order valence-corrected chi connectivity index (χ4v) is 3.18. The van der Waals surface area contributed by atoms with Crippen LogP contribution in [0.1, 0.15) is 28.0 Å². The Hall–Kier alpha value is -2.32. The van der Waals surface area contributed by atoms with Gasteiger partial charge in [-0.3, -0.25) is 9.69 Å². The zero-order valence-electron chi connectivity index (χ0n) is 15.9. The van der Waals surface area contributed by atoms with Crippen molar-refractivity contribution in [2.75, 3.05) is 26.2 Å². The number of esters is 1. The third-order valence-electron chi connectivity index (χ3n) is 4.04. The molecule has 0 unspecified atom stereocenters. The third-order valence-corrected chi connectivity index (χ3v) is 4.68. The summed E-state index contributed by atoms with van der Waals surface area (Å²) >= 11 is 1.62. The Labute approximate surface area is 163 Å². The van der Waals surface area contributed by atoms with Crippen LogP contribution in [0.15, 0.2) is 36.8 Å². The number of nitrogens with one attached hydrogen (secondary N) is 2. The zero-order chi connectivity index (χ0) is 19.6. The molecule has 1 aromatic heterocycles. The molecule has 0 bridgehead atoms. The maximum Gasteiger partial charge on any atom is 0.328 e. The molecule has 0 saturated heterocycles. The number of amides is 1. The number of carbonyl (C=O) groups excluding carboxylic acids is 2. The maximum atomic E-state index is 12.6. The van der Waals surface area contributed by atoms with Crippen molar-refractivity contribution in [1.29, 1.82) is 0 Å². The molecule has 0 saturated carbocycles. The van der Waals surface area contributed by atoms with Crippen LogP contribution in [0, 0.1) is 0 Å². The number of rotatable bonds is 10. The summed E-state index contributed by atoms with van der Waals surface area (Å²) in [5.74, 6) is 0.0655. The van der Waals surface area contributed by atoms with Gasteiger partial charge in [-0.05, 0) is 43.2 Å². The molecule has 1 atom stereocenters. The van der Waals surface area contributed by atoms with E-state index in [-0.39, 0.29) is 5.91 Å². The topological polar surface area (TPSA) is 87.3 Å². The quantitative estimate of drug-likeness (QED) is 0.604. The molecule has 8 heteroatoms. The molecule has 7 nitrogen and oxygen atoms in total. The molecule has 0 radical (unpaired) electrons. The lowest BCUT2D eigenvalue weighted by atomic mass is 10.1. The Balaban J connectivity index is 1.99. The van der Waals surface area contributed by atoms with Crippen LogP contribution in [0.4, 0.5) is 0 Å². The average Bonchev–Trinajstić information content (AvgIpc) is 3.17. The summed E-state index contributed by atoms with van der Waals surface area (Å²) in [6, 6.07) is 6.79. The highest BCUT2D eigenvalue weighted by Crippen LogP contribution is 2.11. The molecule has 0 aliphatic carbocycles. The summed E-state index contributed by atoms with van der Waals surface area (Å²) in [4.78, 5) is 33.7. The predicted molar refractivity (Wildman–Crippen MR) is 106 cm³/mol. The SMILES string of the molecule is COC(=O)[C@H](CCSC)NC(=O)c1cccc(CN(C)Cc2cnc[nH]2)c1. The number of aromatic amines is 1. The summed E-state index contributed by atoms with van der Waals surface area (Å²) in [6.45, 7) is 1.42. The average molecular weight is 391 g/mol. The molecule has 2 rings (SSSR count). The fourth-order valence-electron chi connectivity index (χ4n) is 2.71. The fraction of sp³-hybridized carbons (Fsp3) is 0.421. The number of imidazole rings is 1. The molecule has 0 fully saturated rings. The molecule has 0 aliphatic rings. The third kappa shape index (κ3) is 6.73. The number of carbonyl (C=O) groups is 2. The second-order valence-corrected chi connectivity index (χ2v) is 7.27. The van der Waals surface area contributed by atoms with Gasteiger partial charge in [0.25, 0.3) is 5.91 Å². The van der Waals surface area contributed by atoms with Gasteiger partial charge >= 0.3 is 5.97 Å². The van der Waals surface area contributed by atoms with Crippen molar-refractivity contribution in [1.82, 2.24) is 20.2 Å². The van der Waals surface area contributed by atoms with Gasteiger partial charge in [-0.1, -0.05) is 12.1 Å².